The van der Waals surface area contributed by atoms with Crippen LogP contribution in [-0.4, -0.2) is 0 Å². The lowest BCUT2D eigenvalue weighted by Crippen LogP contribution is -2.08. The fourth-order valence-corrected chi connectivity index (χ4v) is 2.48. The number of rotatable bonds is 2. The Hall–Kier alpha value is -1.71. The molecular weight excluding hydrogens is 369 g/mol. The van der Waals surface area contributed by atoms with E-state index in [2.05, 4.69) is 21.2 Å². The molecule has 108 valence electrons. The van der Waals surface area contributed by atoms with E-state index in [-0.39, 0.29) is 5.69 Å². The lowest BCUT2D eigenvalue weighted by molar-refractivity contribution is -0.137. The summed E-state index contributed by atoms with van der Waals surface area (Å²) in [6, 6.07) is 9.86. The largest absolute Gasteiger partial charge is 0.417 e. The van der Waals surface area contributed by atoms with Gasteiger partial charge in [-0.15, -0.1) is 0 Å². The number of nitriles is 1. The lowest BCUT2D eigenvalue weighted by atomic mass is 10.1. The second-order valence-electron chi connectivity index (χ2n) is 4.12. The van der Waals surface area contributed by atoms with Crippen LogP contribution in [0.1, 0.15) is 11.1 Å². The molecule has 2 aromatic rings. The number of alkyl halides is 3. The average molecular weight is 376 g/mol. The van der Waals surface area contributed by atoms with Gasteiger partial charge >= 0.3 is 6.18 Å². The van der Waals surface area contributed by atoms with Crippen LogP contribution in [0, 0.1) is 11.3 Å². The SMILES string of the molecule is N#Cc1ccc(Nc2ccc(Cl)cc2Br)cc1C(F)(F)F. The molecule has 0 saturated carbocycles. The second-order valence-corrected chi connectivity index (χ2v) is 5.41. The van der Waals surface area contributed by atoms with Crippen LogP contribution in [0.3, 0.4) is 0 Å². The highest BCUT2D eigenvalue weighted by Gasteiger charge is 2.33. The van der Waals surface area contributed by atoms with Gasteiger partial charge in [0.25, 0.3) is 0 Å². The van der Waals surface area contributed by atoms with Gasteiger partial charge in [-0.2, -0.15) is 18.4 Å². The number of hydrogen-bond acceptors (Lipinski definition) is 2. The molecule has 0 aliphatic rings. The predicted molar refractivity (Wildman–Crippen MR) is 78.6 cm³/mol. The molecule has 0 amide bonds. The van der Waals surface area contributed by atoms with Gasteiger partial charge in [0.05, 0.1) is 22.9 Å². The van der Waals surface area contributed by atoms with Crippen LogP contribution in [-0.2, 0) is 6.18 Å². The average Bonchev–Trinajstić information content (AvgIpc) is 2.41. The van der Waals surface area contributed by atoms with Gasteiger partial charge in [0.2, 0.25) is 0 Å². The minimum Gasteiger partial charge on any atom is -0.355 e. The number of halogens is 5. The van der Waals surface area contributed by atoms with Crippen LogP contribution >= 0.6 is 27.5 Å². The zero-order chi connectivity index (χ0) is 15.6. The fraction of sp³-hybridized carbons (Fsp3) is 0.0714. The third-order valence-corrected chi connectivity index (χ3v) is 3.55. The monoisotopic (exact) mass is 374 g/mol. The van der Waals surface area contributed by atoms with Crippen LogP contribution in [0.5, 0.6) is 0 Å². The molecule has 0 spiro atoms. The Morgan fingerprint density at radius 1 is 1.14 bits per heavy atom. The Morgan fingerprint density at radius 3 is 2.43 bits per heavy atom. The molecule has 0 unspecified atom stereocenters. The van der Waals surface area contributed by atoms with Crippen molar-refractivity contribution < 1.29 is 13.2 Å². The Morgan fingerprint density at radius 2 is 1.86 bits per heavy atom. The molecule has 0 bridgehead atoms. The quantitative estimate of drug-likeness (QED) is 0.727. The maximum absolute atomic E-state index is 12.9. The van der Waals surface area contributed by atoms with Gasteiger partial charge < -0.3 is 5.32 Å². The normalized spacial score (nSPS) is 11.0. The van der Waals surface area contributed by atoms with Crippen LogP contribution in [0.15, 0.2) is 40.9 Å². The van der Waals surface area contributed by atoms with E-state index in [9.17, 15) is 13.2 Å². The smallest absolute Gasteiger partial charge is 0.355 e. The van der Waals surface area contributed by atoms with E-state index in [1.807, 2.05) is 0 Å². The molecule has 0 atom stereocenters. The molecule has 0 aliphatic carbocycles. The summed E-state index contributed by atoms with van der Waals surface area (Å²) in [5.74, 6) is 0. The highest BCUT2D eigenvalue weighted by Crippen LogP contribution is 2.35. The maximum Gasteiger partial charge on any atom is 0.417 e. The first-order chi connectivity index (χ1) is 9.81. The molecule has 21 heavy (non-hydrogen) atoms. The number of hydrogen-bond donors (Lipinski definition) is 1. The number of benzene rings is 2. The summed E-state index contributed by atoms with van der Waals surface area (Å²) in [6.07, 6.45) is -4.58. The van der Waals surface area contributed by atoms with E-state index in [1.54, 1.807) is 18.2 Å². The Balaban J connectivity index is 2.40. The highest BCUT2D eigenvalue weighted by atomic mass is 79.9. The van der Waals surface area contributed by atoms with Gasteiger partial charge in [0, 0.05) is 15.2 Å². The van der Waals surface area contributed by atoms with Crippen molar-refractivity contribution in [2.75, 3.05) is 5.32 Å². The number of nitrogens with zero attached hydrogens (tertiary/aromatic N) is 1. The molecule has 0 fully saturated rings. The van der Waals surface area contributed by atoms with E-state index in [4.69, 9.17) is 16.9 Å². The molecule has 0 radical (unpaired) electrons. The molecule has 0 heterocycles. The molecule has 0 aliphatic heterocycles. The minimum atomic E-state index is -4.58. The summed E-state index contributed by atoms with van der Waals surface area (Å²) in [4.78, 5) is 0. The standard InChI is InChI=1S/C14H7BrClF3N2/c15-12-5-9(16)2-4-13(12)21-10-3-1-8(7-20)11(6-10)14(17,18)19/h1-6,21H. The van der Waals surface area contributed by atoms with Crippen molar-refractivity contribution in [3.63, 3.8) is 0 Å². The van der Waals surface area contributed by atoms with E-state index in [0.717, 1.165) is 12.1 Å². The molecule has 2 aromatic carbocycles. The van der Waals surface area contributed by atoms with Crippen LogP contribution in [0.25, 0.3) is 0 Å². The van der Waals surface area contributed by atoms with E-state index < -0.39 is 17.3 Å². The van der Waals surface area contributed by atoms with Crippen LogP contribution in [0.4, 0.5) is 24.5 Å². The highest BCUT2D eigenvalue weighted by molar-refractivity contribution is 9.10. The summed E-state index contributed by atoms with van der Waals surface area (Å²) in [5, 5.41) is 12.1. The van der Waals surface area contributed by atoms with Crippen molar-refractivity contribution in [3.05, 3.63) is 57.0 Å². The maximum atomic E-state index is 12.9. The molecule has 7 heteroatoms. The molecule has 2 nitrogen and oxygen atoms in total. The summed E-state index contributed by atoms with van der Waals surface area (Å²) >= 11 is 9.07. The predicted octanol–water partition coefficient (Wildman–Crippen LogP) is 5.74. The van der Waals surface area contributed by atoms with Crippen molar-refractivity contribution >= 4 is 38.9 Å². The Labute approximate surface area is 132 Å². The molecular formula is C14H7BrClF3N2. The minimum absolute atomic E-state index is 0.226. The number of anilines is 2. The third kappa shape index (κ3) is 3.69. The Bertz CT molecular complexity index is 723. The van der Waals surface area contributed by atoms with Crippen LogP contribution < -0.4 is 5.32 Å². The lowest BCUT2D eigenvalue weighted by Gasteiger charge is -2.13. The molecule has 1 N–H and O–H groups in total. The molecule has 2 rings (SSSR count). The molecule has 0 aromatic heterocycles. The van der Waals surface area contributed by atoms with Gasteiger partial charge in [-0.1, -0.05) is 11.6 Å². The summed E-state index contributed by atoms with van der Waals surface area (Å²) in [6.45, 7) is 0. The summed E-state index contributed by atoms with van der Waals surface area (Å²) in [5.41, 5.74) is -0.593. The first kappa shape index (κ1) is 15.7. The van der Waals surface area contributed by atoms with Crippen molar-refractivity contribution in [1.82, 2.24) is 0 Å². The first-order valence-electron chi connectivity index (χ1n) is 5.64. The van der Waals surface area contributed by atoms with Crippen molar-refractivity contribution in [2.24, 2.45) is 0 Å². The summed E-state index contributed by atoms with van der Waals surface area (Å²) < 4.78 is 39.3. The van der Waals surface area contributed by atoms with Crippen molar-refractivity contribution in [1.29, 1.82) is 5.26 Å². The topological polar surface area (TPSA) is 35.8 Å². The summed E-state index contributed by atoms with van der Waals surface area (Å²) in [7, 11) is 0. The third-order valence-electron chi connectivity index (χ3n) is 2.66. The van der Waals surface area contributed by atoms with Crippen molar-refractivity contribution in [2.45, 2.75) is 6.18 Å². The van der Waals surface area contributed by atoms with E-state index >= 15 is 0 Å². The molecule has 0 saturated heterocycles. The van der Waals surface area contributed by atoms with E-state index in [0.29, 0.717) is 15.2 Å². The zero-order valence-electron chi connectivity index (χ0n) is 10.3. The van der Waals surface area contributed by atoms with Gasteiger partial charge in [-0.25, -0.2) is 0 Å². The zero-order valence-corrected chi connectivity index (χ0v) is 12.6. The van der Waals surface area contributed by atoms with Gasteiger partial charge in [-0.05, 0) is 52.3 Å². The van der Waals surface area contributed by atoms with Gasteiger partial charge in [0.1, 0.15) is 0 Å². The fourth-order valence-electron chi connectivity index (χ4n) is 1.70. The van der Waals surface area contributed by atoms with Crippen LogP contribution in [0.2, 0.25) is 5.02 Å². The Kier molecular flexibility index (Phi) is 4.45. The number of nitrogens with one attached hydrogen (secondary N) is 1. The van der Waals surface area contributed by atoms with Gasteiger partial charge in [0.15, 0.2) is 0 Å². The van der Waals surface area contributed by atoms with E-state index in [1.165, 1.54) is 12.1 Å². The van der Waals surface area contributed by atoms with Gasteiger partial charge in [-0.3, -0.25) is 0 Å². The van der Waals surface area contributed by atoms with Crippen molar-refractivity contribution in [3.8, 4) is 6.07 Å². The second kappa shape index (κ2) is 5.96. The first-order valence-corrected chi connectivity index (χ1v) is 6.82.